The highest BCUT2D eigenvalue weighted by Gasteiger charge is 2.54. The van der Waals surface area contributed by atoms with E-state index < -0.39 is 29.2 Å². The lowest BCUT2D eigenvalue weighted by Gasteiger charge is -2.49. The average Bonchev–Trinajstić information content (AvgIpc) is 3.33. The molecular weight excluding hydrogens is 554 g/mol. The lowest BCUT2D eigenvalue weighted by Crippen LogP contribution is -2.71. The Morgan fingerprint density at radius 3 is 2.68 bits per heavy atom. The fourth-order valence-electron chi connectivity index (χ4n) is 3.73. The molecule has 0 saturated carbocycles. The molecule has 0 unspecified atom stereocenters. The first kappa shape index (κ1) is 27.4. The summed E-state index contributed by atoms with van der Waals surface area (Å²) >= 11 is 3.91. The SMILES string of the molecule is CO/N=C(\C(=O)N[C@@H]1C(=O)N2C(C(=O)O)=C(CSc3cc[n+](N(C)C(C)=O)cc3)CS[C@H]12)c1csc(N)n1. The van der Waals surface area contributed by atoms with Crippen LogP contribution in [0.1, 0.15) is 12.6 Å². The number of anilines is 1. The van der Waals surface area contributed by atoms with E-state index in [4.69, 9.17) is 10.6 Å². The Hall–Kier alpha value is -3.63. The molecule has 0 bridgehead atoms. The minimum Gasteiger partial charge on any atom is -0.477 e. The van der Waals surface area contributed by atoms with Crippen LogP contribution < -0.4 is 20.7 Å². The lowest BCUT2D eigenvalue weighted by atomic mass is 10.0. The molecule has 2 aliphatic rings. The highest BCUT2D eigenvalue weighted by Crippen LogP contribution is 2.41. The molecule has 1 fully saturated rings. The first-order valence-electron chi connectivity index (χ1n) is 11.0. The summed E-state index contributed by atoms with van der Waals surface area (Å²) < 4.78 is 1.63. The summed E-state index contributed by atoms with van der Waals surface area (Å²) in [5, 5.41) is 18.9. The van der Waals surface area contributed by atoms with Crippen molar-refractivity contribution in [2.45, 2.75) is 23.2 Å². The molecule has 3 amide bonds. The molecule has 16 heteroatoms. The van der Waals surface area contributed by atoms with Crippen molar-refractivity contribution in [1.82, 2.24) is 15.2 Å². The maximum atomic E-state index is 13.0. The maximum Gasteiger partial charge on any atom is 0.352 e. The fourth-order valence-corrected chi connectivity index (χ4v) is 6.65. The van der Waals surface area contributed by atoms with E-state index in [2.05, 4.69) is 15.5 Å². The van der Waals surface area contributed by atoms with Crippen LogP contribution in [0.25, 0.3) is 0 Å². The molecule has 2 aliphatic heterocycles. The third-order valence-corrected chi connectivity index (χ3v) is 8.81. The third kappa shape index (κ3) is 5.46. The largest absolute Gasteiger partial charge is 0.477 e. The van der Waals surface area contributed by atoms with E-state index in [9.17, 15) is 24.3 Å². The number of thiazole rings is 1. The average molecular weight is 579 g/mol. The molecule has 2 aromatic heterocycles. The number of hydrogen-bond donors (Lipinski definition) is 3. The van der Waals surface area contributed by atoms with Crippen molar-refractivity contribution in [2.75, 3.05) is 36.4 Å². The molecule has 200 valence electrons. The maximum absolute atomic E-state index is 13.0. The van der Waals surface area contributed by atoms with Crippen LogP contribution in [0.3, 0.4) is 0 Å². The molecule has 0 aliphatic carbocycles. The van der Waals surface area contributed by atoms with Crippen LogP contribution in [0.4, 0.5) is 5.13 Å². The fraction of sp³-hybridized carbons (Fsp3) is 0.318. The Labute approximate surface area is 229 Å². The normalized spacial score (nSPS) is 19.0. The van der Waals surface area contributed by atoms with Gasteiger partial charge in [-0.25, -0.2) is 9.78 Å². The zero-order valence-corrected chi connectivity index (χ0v) is 22.9. The Morgan fingerprint density at radius 2 is 2.11 bits per heavy atom. The molecule has 4 heterocycles. The Bertz CT molecular complexity index is 1340. The number of nitrogens with one attached hydrogen (secondary N) is 1. The molecule has 0 aromatic carbocycles. The molecule has 0 spiro atoms. The second kappa shape index (κ2) is 11.4. The number of fused-ring (bicyclic) bond motifs is 1. The lowest BCUT2D eigenvalue weighted by molar-refractivity contribution is -0.680. The highest BCUT2D eigenvalue weighted by molar-refractivity contribution is 8.01. The van der Waals surface area contributed by atoms with E-state index in [-0.39, 0.29) is 28.1 Å². The van der Waals surface area contributed by atoms with Gasteiger partial charge in [-0.15, -0.1) is 39.9 Å². The van der Waals surface area contributed by atoms with Crippen LogP contribution >= 0.6 is 34.9 Å². The number of carbonyl (C=O) groups excluding carboxylic acids is 3. The number of hydrogen-bond acceptors (Lipinski definition) is 11. The zero-order valence-electron chi connectivity index (χ0n) is 20.5. The first-order chi connectivity index (χ1) is 18.1. The van der Waals surface area contributed by atoms with Gasteiger partial charge in [0.05, 0.1) is 7.05 Å². The highest BCUT2D eigenvalue weighted by atomic mass is 32.2. The van der Waals surface area contributed by atoms with Gasteiger partial charge in [-0.2, -0.15) is 0 Å². The summed E-state index contributed by atoms with van der Waals surface area (Å²) in [6.45, 7) is 1.46. The topological polar surface area (TPSA) is 171 Å². The zero-order chi connectivity index (χ0) is 27.6. The van der Waals surface area contributed by atoms with Gasteiger partial charge in [-0.3, -0.25) is 19.3 Å². The quantitative estimate of drug-likeness (QED) is 0.121. The summed E-state index contributed by atoms with van der Waals surface area (Å²) in [6.07, 6.45) is 3.46. The number of rotatable bonds is 9. The predicted octanol–water partition coefficient (Wildman–Crippen LogP) is 0.00850. The van der Waals surface area contributed by atoms with Crippen molar-refractivity contribution in [2.24, 2.45) is 5.16 Å². The summed E-state index contributed by atoms with van der Waals surface area (Å²) in [5.74, 6) is -1.82. The smallest absolute Gasteiger partial charge is 0.352 e. The van der Waals surface area contributed by atoms with E-state index in [1.807, 2.05) is 12.1 Å². The number of carboxylic acid groups (broad SMARTS) is 1. The molecule has 4 N–H and O–H groups in total. The second-order valence-electron chi connectivity index (χ2n) is 8.06. The number of thioether (sulfide) groups is 2. The number of aliphatic carboxylic acids is 1. The van der Waals surface area contributed by atoms with E-state index in [0.29, 0.717) is 17.1 Å². The number of amides is 3. The van der Waals surface area contributed by atoms with Crippen LogP contribution in [-0.4, -0.2) is 81.5 Å². The van der Waals surface area contributed by atoms with Crippen LogP contribution in [0.5, 0.6) is 0 Å². The number of nitrogen functional groups attached to an aromatic ring is 1. The first-order valence-corrected chi connectivity index (χ1v) is 14.0. The van der Waals surface area contributed by atoms with Gasteiger partial charge in [0.1, 0.15) is 29.9 Å². The number of β-lactam (4-membered cyclic amide) rings is 1. The summed E-state index contributed by atoms with van der Waals surface area (Å²) in [4.78, 5) is 60.4. The van der Waals surface area contributed by atoms with Crippen molar-refractivity contribution in [3.63, 3.8) is 0 Å². The molecular formula is C22H24N7O6S3+. The predicted molar refractivity (Wildman–Crippen MR) is 142 cm³/mol. The molecule has 2 aromatic rings. The van der Waals surface area contributed by atoms with Crippen molar-refractivity contribution in [3.05, 3.63) is 46.9 Å². The van der Waals surface area contributed by atoms with Gasteiger partial charge in [0.2, 0.25) is 12.4 Å². The molecule has 4 rings (SSSR count). The minimum absolute atomic E-state index is 0.0721. The molecule has 38 heavy (non-hydrogen) atoms. The van der Waals surface area contributed by atoms with Gasteiger partial charge in [-0.05, 0) is 5.57 Å². The molecule has 0 radical (unpaired) electrons. The number of oxime groups is 1. The summed E-state index contributed by atoms with van der Waals surface area (Å²) in [6, 6.07) is 2.70. The Kier molecular flexibility index (Phi) is 8.23. The third-order valence-electron chi connectivity index (χ3n) is 5.70. The molecule has 1 saturated heterocycles. The minimum atomic E-state index is -1.21. The van der Waals surface area contributed by atoms with E-state index in [1.54, 1.807) is 29.5 Å². The number of nitrogens with zero attached hydrogens (tertiary/aromatic N) is 5. The van der Waals surface area contributed by atoms with Crippen LogP contribution in [0, 0.1) is 0 Å². The number of carboxylic acids is 1. The summed E-state index contributed by atoms with van der Waals surface area (Å²) in [7, 11) is 2.92. The van der Waals surface area contributed by atoms with E-state index >= 15 is 0 Å². The van der Waals surface area contributed by atoms with E-state index in [0.717, 1.165) is 16.2 Å². The second-order valence-corrected chi connectivity index (χ2v) is 11.1. The van der Waals surface area contributed by atoms with Crippen molar-refractivity contribution >= 4 is 69.4 Å². The van der Waals surface area contributed by atoms with Crippen LogP contribution in [0.15, 0.2) is 51.2 Å². The van der Waals surface area contributed by atoms with Crippen molar-refractivity contribution in [1.29, 1.82) is 0 Å². The van der Waals surface area contributed by atoms with Gasteiger partial charge in [0, 0.05) is 40.8 Å². The van der Waals surface area contributed by atoms with Gasteiger partial charge in [0.25, 0.3) is 17.7 Å². The molecule has 13 nitrogen and oxygen atoms in total. The van der Waals surface area contributed by atoms with Crippen molar-refractivity contribution < 1.29 is 33.8 Å². The van der Waals surface area contributed by atoms with Gasteiger partial charge >= 0.3 is 5.97 Å². The number of pyridine rings is 1. The Balaban J connectivity index is 1.45. The Morgan fingerprint density at radius 1 is 1.39 bits per heavy atom. The van der Waals surface area contributed by atoms with Crippen molar-refractivity contribution in [3.8, 4) is 0 Å². The van der Waals surface area contributed by atoms with Crippen LogP contribution in [-0.2, 0) is 24.0 Å². The monoisotopic (exact) mass is 578 g/mol. The van der Waals surface area contributed by atoms with Crippen LogP contribution in [0.2, 0.25) is 0 Å². The standard InChI is InChI=1S/C22H23N7O6S3/c1-11(30)27(2)28-6-4-13(5-7-28)36-8-12-9-37-20-16(19(32)29(20)17(12)21(33)34)25-18(31)15(26-35-3)14-10-38-22(23)24-14/h4-7,10,16,20H,8-9H2,1-3H3,(H3-,23,24,25,31,33,34)/p+1/b26-15-/t16-,20-/m1/s1. The van der Waals surface area contributed by atoms with E-state index in [1.165, 1.54) is 47.5 Å². The summed E-state index contributed by atoms with van der Waals surface area (Å²) in [5.41, 5.74) is 6.23. The van der Waals surface area contributed by atoms with Gasteiger partial charge in [0.15, 0.2) is 10.8 Å². The molecule has 2 atom stereocenters. The number of nitrogens with two attached hydrogens (primary N) is 1. The van der Waals surface area contributed by atoms with Gasteiger partial charge in [-0.1, -0.05) is 9.83 Å². The van der Waals surface area contributed by atoms with Gasteiger partial charge < -0.3 is 21.0 Å². The number of aromatic nitrogens is 2. The number of carbonyl (C=O) groups is 4.